The van der Waals surface area contributed by atoms with Gasteiger partial charge in [0.05, 0.1) is 30.5 Å². The zero-order chi connectivity index (χ0) is 25.1. The number of fused-ring (bicyclic) bond motifs is 2. The summed E-state index contributed by atoms with van der Waals surface area (Å²) in [6, 6.07) is 20.1. The van der Waals surface area contributed by atoms with E-state index in [9.17, 15) is 4.79 Å². The Morgan fingerprint density at radius 1 is 0.972 bits per heavy atom. The molecule has 0 saturated carbocycles. The van der Waals surface area contributed by atoms with E-state index in [4.69, 9.17) is 14.2 Å². The molecule has 0 amide bonds. The Morgan fingerprint density at radius 3 is 2.61 bits per heavy atom. The molecule has 5 rings (SSSR count). The van der Waals surface area contributed by atoms with E-state index in [0.29, 0.717) is 42.6 Å². The molecule has 184 valence electrons. The van der Waals surface area contributed by atoms with Gasteiger partial charge in [0.2, 0.25) is 0 Å². The van der Waals surface area contributed by atoms with Crippen LogP contribution in [0.15, 0.2) is 88.5 Å². The number of thioether (sulfide) groups is 1. The van der Waals surface area contributed by atoms with Gasteiger partial charge in [-0.1, -0.05) is 54.2 Å². The number of benzene rings is 3. The minimum Gasteiger partial charge on any atom is -0.490 e. The molecule has 36 heavy (non-hydrogen) atoms. The van der Waals surface area contributed by atoms with Gasteiger partial charge in [-0.3, -0.25) is 0 Å². The molecule has 3 aromatic rings. The number of carbonyl (C=O) groups is 1. The number of rotatable bonds is 8. The van der Waals surface area contributed by atoms with Crippen molar-refractivity contribution in [3.05, 3.63) is 94.7 Å². The minimum absolute atomic E-state index is 0.301. The summed E-state index contributed by atoms with van der Waals surface area (Å²) in [5.74, 6) is 0.933. The summed E-state index contributed by atoms with van der Waals surface area (Å²) >= 11 is 1.53. The normalized spacial score (nSPS) is 16.7. The molecule has 0 unspecified atom stereocenters. The second kappa shape index (κ2) is 10.5. The molecule has 2 aliphatic heterocycles. The Balaban J connectivity index is 1.45. The molecule has 0 aliphatic carbocycles. The third-order valence-corrected chi connectivity index (χ3v) is 6.88. The fourth-order valence-electron chi connectivity index (χ4n) is 4.47. The summed E-state index contributed by atoms with van der Waals surface area (Å²) in [5.41, 5.74) is 3.17. The van der Waals surface area contributed by atoms with Crippen molar-refractivity contribution in [3.63, 3.8) is 0 Å². The van der Waals surface area contributed by atoms with Crippen molar-refractivity contribution >= 4 is 33.7 Å². The van der Waals surface area contributed by atoms with E-state index in [1.807, 2.05) is 60.7 Å². The number of hydrogen-bond acceptors (Lipinski definition) is 7. The molecular formula is C29H28N2O4S. The van der Waals surface area contributed by atoms with Crippen LogP contribution in [0.25, 0.3) is 10.8 Å². The number of esters is 1. The van der Waals surface area contributed by atoms with E-state index in [2.05, 4.69) is 35.3 Å². The topological polar surface area (TPSA) is 60.4 Å². The van der Waals surface area contributed by atoms with Gasteiger partial charge in [-0.2, -0.15) is 0 Å². The summed E-state index contributed by atoms with van der Waals surface area (Å²) in [6.07, 6.45) is 1.95. The third-order valence-electron chi connectivity index (χ3n) is 6.11. The fraction of sp³-hybridized carbons (Fsp3) is 0.241. The molecule has 3 aromatic carbocycles. The van der Waals surface area contributed by atoms with Crippen LogP contribution in [0.1, 0.15) is 37.9 Å². The number of allylic oxidation sites excluding steroid dienone is 1. The Morgan fingerprint density at radius 2 is 1.81 bits per heavy atom. The van der Waals surface area contributed by atoms with Crippen molar-refractivity contribution in [2.75, 3.05) is 13.2 Å². The van der Waals surface area contributed by atoms with Gasteiger partial charge in [-0.05, 0) is 66.3 Å². The molecule has 7 heteroatoms. The van der Waals surface area contributed by atoms with E-state index >= 15 is 0 Å². The number of carbonyl (C=O) groups excluding carboxylic acids is 1. The lowest BCUT2D eigenvalue weighted by atomic mass is 9.94. The summed E-state index contributed by atoms with van der Waals surface area (Å²) in [7, 11) is 0. The highest BCUT2D eigenvalue weighted by molar-refractivity contribution is 8.16. The molecule has 0 spiro atoms. The highest BCUT2D eigenvalue weighted by Crippen LogP contribution is 2.43. The average Bonchev–Trinajstić information content (AvgIpc) is 3.35. The maximum absolute atomic E-state index is 12.9. The second-order valence-electron chi connectivity index (χ2n) is 8.44. The number of amidine groups is 1. The Kier molecular flexibility index (Phi) is 7.00. The van der Waals surface area contributed by atoms with Crippen molar-refractivity contribution in [2.45, 2.75) is 33.4 Å². The fourth-order valence-corrected chi connectivity index (χ4v) is 5.26. The summed E-state index contributed by atoms with van der Waals surface area (Å²) in [5, 5.41) is 5.18. The molecule has 0 bridgehead atoms. The van der Waals surface area contributed by atoms with Gasteiger partial charge in [0.25, 0.3) is 0 Å². The maximum Gasteiger partial charge on any atom is 0.338 e. The lowest BCUT2D eigenvalue weighted by Crippen LogP contribution is -2.34. The van der Waals surface area contributed by atoms with Crippen molar-refractivity contribution in [3.8, 4) is 11.5 Å². The molecule has 0 saturated heterocycles. The molecule has 2 aliphatic rings. The molecule has 0 radical (unpaired) electrons. The van der Waals surface area contributed by atoms with Crippen LogP contribution in [-0.4, -0.2) is 29.3 Å². The Labute approximate surface area is 215 Å². The molecule has 0 fully saturated rings. The smallest absolute Gasteiger partial charge is 0.338 e. The largest absolute Gasteiger partial charge is 0.490 e. The lowest BCUT2D eigenvalue weighted by Gasteiger charge is -2.33. The van der Waals surface area contributed by atoms with Crippen molar-refractivity contribution < 1.29 is 19.0 Å². The molecule has 2 heterocycles. The van der Waals surface area contributed by atoms with Crippen LogP contribution in [0.2, 0.25) is 0 Å². The van der Waals surface area contributed by atoms with Crippen LogP contribution in [0, 0.1) is 0 Å². The standard InChI is InChI=1S/C29H28N2O4S/c1-4-33-25-17-23(27-26(28(32)34-5-2)19(3)30-29-31(27)14-15-36-29)12-13-24(25)35-18-20-10-11-21-8-6-7-9-22(21)16-20/h6-17,27H,4-5,18H2,1-3H3/t27-/m1/s1. The van der Waals surface area contributed by atoms with Crippen molar-refractivity contribution in [1.82, 2.24) is 4.90 Å². The first-order valence-corrected chi connectivity index (χ1v) is 12.9. The average molecular weight is 501 g/mol. The van der Waals surface area contributed by atoms with Gasteiger partial charge >= 0.3 is 5.97 Å². The number of ether oxygens (including phenoxy) is 3. The number of nitrogens with zero attached hydrogens (tertiary/aromatic N) is 2. The van der Waals surface area contributed by atoms with Gasteiger partial charge in [0.1, 0.15) is 6.61 Å². The SMILES string of the molecule is CCOC(=O)C1=C(C)N=C2SC=CN2[C@@H]1c1ccc(OCc2ccc3ccccc3c2)c(OCC)c1. The van der Waals surface area contributed by atoms with E-state index < -0.39 is 0 Å². The van der Waals surface area contributed by atoms with Gasteiger partial charge in [-0.15, -0.1) is 0 Å². The zero-order valence-corrected chi connectivity index (χ0v) is 21.4. The first kappa shape index (κ1) is 24.0. The zero-order valence-electron chi connectivity index (χ0n) is 20.6. The van der Waals surface area contributed by atoms with E-state index in [1.165, 1.54) is 22.5 Å². The molecule has 0 N–H and O–H groups in total. The molecule has 0 aromatic heterocycles. The Bertz CT molecular complexity index is 1400. The highest BCUT2D eigenvalue weighted by Gasteiger charge is 2.37. The van der Waals surface area contributed by atoms with Gasteiger partial charge in [-0.25, -0.2) is 9.79 Å². The Hall–Kier alpha value is -3.71. The maximum atomic E-state index is 12.9. The van der Waals surface area contributed by atoms with Crippen molar-refractivity contribution in [2.24, 2.45) is 4.99 Å². The lowest BCUT2D eigenvalue weighted by molar-refractivity contribution is -0.139. The summed E-state index contributed by atoms with van der Waals surface area (Å²) in [4.78, 5) is 19.6. The van der Waals surface area contributed by atoms with Gasteiger partial charge < -0.3 is 19.1 Å². The predicted molar refractivity (Wildman–Crippen MR) is 144 cm³/mol. The van der Waals surface area contributed by atoms with E-state index in [-0.39, 0.29) is 12.0 Å². The van der Waals surface area contributed by atoms with E-state index in [0.717, 1.165) is 16.3 Å². The van der Waals surface area contributed by atoms with Crippen LogP contribution in [0.3, 0.4) is 0 Å². The predicted octanol–water partition coefficient (Wildman–Crippen LogP) is 6.59. The van der Waals surface area contributed by atoms with Gasteiger partial charge in [0.15, 0.2) is 16.7 Å². The monoisotopic (exact) mass is 500 g/mol. The number of aliphatic imine (C=N–C) groups is 1. The van der Waals surface area contributed by atoms with Crippen LogP contribution < -0.4 is 9.47 Å². The second-order valence-corrected chi connectivity index (χ2v) is 9.31. The van der Waals surface area contributed by atoms with Crippen molar-refractivity contribution in [1.29, 1.82) is 0 Å². The van der Waals surface area contributed by atoms with Crippen LogP contribution in [0.5, 0.6) is 11.5 Å². The van der Waals surface area contributed by atoms with E-state index in [1.54, 1.807) is 6.92 Å². The van der Waals surface area contributed by atoms with Crippen LogP contribution in [-0.2, 0) is 16.1 Å². The first-order valence-electron chi connectivity index (χ1n) is 12.0. The summed E-state index contributed by atoms with van der Waals surface area (Å²) < 4.78 is 17.6. The molecule has 6 nitrogen and oxygen atoms in total. The number of hydrogen-bond donors (Lipinski definition) is 0. The molecular weight excluding hydrogens is 472 g/mol. The third kappa shape index (κ3) is 4.71. The minimum atomic E-state index is -0.364. The van der Waals surface area contributed by atoms with Gasteiger partial charge in [0, 0.05) is 6.20 Å². The first-order chi connectivity index (χ1) is 17.6. The van der Waals surface area contributed by atoms with Crippen LogP contribution in [0.4, 0.5) is 0 Å². The van der Waals surface area contributed by atoms with Crippen LogP contribution >= 0.6 is 11.8 Å². The quantitative estimate of drug-likeness (QED) is 0.325. The molecule has 1 atom stereocenters. The highest BCUT2D eigenvalue weighted by atomic mass is 32.2. The summed E-state index contributed by atoms with van der Waals surface area (Å²) in [6.45, 7) is 6.82.